The molecule has 0 aliphatic carbocycles. The third kappa shape index (κ3) is 11.0. The van der Waals surface area contributed by atoms with E-state index in [0.717, 1.165) is 44.1 Å². The molecule has 0 aliphatic rings. The van der Waals surface area contributed by atoms with E-state index in [9.17, 15) is 5.11 Å². The van der Waals surface area contributed by atoms with Crippen LogP contribution in [0.1, 0.15) is 90.0 Å². The first-order valence-electron chi connectivity index (χ1n) is 10.4. The Morgan fingerprint density at radius 1 is 0.960 bits per heavy atom. The molecule has 0 radical (unpaired) electrons. The molecule has 1 nitrogen and oxygen atoms in total. The van der Waals surface area contributed by atoms with Gasteiger partial charge < -0.3 is 5.11 Å². The maximum Gasteiger partial charge on any atom is 0.0826 e. The van der Waals surface area contributed by atoms with Gasteiger partial charge in [0, 0.05) is 0 Å². The number of unbranched alkanes of at least 4 members (excludes halogenated alkanes) is 7. The smallest absolute Gasteiger partial charge is 0.0826 e. The Hall–Kier alpha value is -1.30. The van der Waals surface area contributed by atoms with Gasteiger partial charge in [0.05, 0.1) is 6.10 Å². The van der Waals surface area contributed by atoms with Gasteiger partial charge in [-0.05, 0) is 55.7 Å². The second kappa shape index (κ2) is 15.0. The number of benzene rings is 1. The molecule has 25 heavy (non-hydrogen) atoms. The first kappa shape index (κ1) is 21.7. The minimum absolute atomic E-state index is 0.354. The summed E-state index contributed by atoms with van der Waals surface area (Å²) in [6.07, 6.45) is 15.9. The van der Waals surface area contributed by atoms with E-state index in [-0.39, 0.29) is 6.10 Å². The average molecular weight is 343 g/mol. The van der Waals surface area contributed by atoms with Crippen LogP contribution in [0.3, 0.4) is 0 Å². The van der Waals surface area contributed by atoms with E-state index in [4.69, 9.17) is 0 Å². The highest BCUT2D eigenvalue weighted by Crippen LogP contribution is 2.16. The maximum atomic E-state index is 10.6. The Morgan fingerprint density at radius 2 is 1.64 bits per heavy atom. The first-order valence-corrected chi connectivity index (χ1v) is 10.4. The van der Waals surface area contributed by atoms with Crippen LogP contribution in [0.4, 0.5) is 0 Å². The van der Waals surface area contributed by atoms with Crippen LogP contribution < -0.4 is 0 Å². The highest BCUT2D eigenvalue weighted by molar-refractivity contribution is 5.16. The van der Waals surface area contributed by atoms with Gasteiger partial charge in [0.2, 0.25) is 0 Å². The van der Waals surface area contributed by atoms with Crippen molar-refractivity contribution >= 4 is 0 Å². The predicted octanol–water partition coefficient (Wildman–Crippen LogP) is 7.00. The molecule has 1 atom stereocenters. The van der Waals surface area contributed by atoms with Gasteiger partial charge in [-0.2, -0.15) is 0 Å². The molecular formula is C24H38O. The SMILES string of the molecule is CCCCCCCCC=C=C(CCCC)C(O)CCc1ccccc1. The van der Waals surface area contributed by atoms with Gasteiger partial charge in [-0.25, -0.2) is 0 Å². The molecule has 1 heteroatoms. The quantitative estimate of drug-likeness (QED) is 0.285. The van der Waals surface area contributed by atoms with Crippen molar-refractivity contribution in [3.8, 4) is 0 Å². The number of aliphatic hydroxyl groups excluding tert-OH is 1. The van der Waals surface area contributed by atoms with E-state index in [1.807, 2.05) is 6.07 Å². The summed E-state index contributed by atoms with van der Waals surface area (Å²) >= 11 is 0. The summed E-state index contributed by atoms with van der Waals surface area (Å²) < 4.78 is 0. The Bertz CT molecular complexity index is 482. The van der Waals surface area contributed by atoms with Crippen LogP contribution in [0.25, 0.3) is 0 Å². The first-order chi connectivity index (χ1) is 12.3. The van der Waals surface area contributed by atoms with Gasteiger partial charge in [-0.15, -0.1) is 5.73 Å². The van der Waals surface area contributed by atoms with Gasteiger partial charge in [-0.1, -0.05) is 82.7 Å². The topological polar surface area (TPSA) is 20.2 Å². The number of hydrogen-bond acceptors (Lipinski definition) is 1. The zero-order valence-corrected chi connectivity index (χ0v) is 16.5. The molecule has 0 aromatic heterocycles. The predicted molar refractivity (Wildman–Crippen MR) is 110 cm³/mol. The van der Waals surface area contributed by atoms with Crippen LogP contribution in [0, 0.1) is 0 Å². The lowest BCUT2D eigenvalue weighted by Crippen LogP contribution is -2.11. The second-order valence-electron chi connectivity index (χ2n) is 7.07. The molecule has 1 N–H and O–H groups in total. The largest absolute Gasteiger partial charge is 0.388 e. The molecule has 0 aliphatic heterocycles. The molecule has 0 bridgehead atoms. The number of aliphatic hydroxyl groups is 1. The molecule has 1 aromatic rings. The van der Waals surface area contributed by atoms with E-state index >= 15 is 0 Å². The fourth-order valence-electron chi connectivity index (χ4n) is 3.05. The van der Waals surface area contributed by atoms with Crippen molar-refractivity contribution in [3.05, 3.63) is 53.3 Å². The van der Waals surface area contributed by atoms with E-state index in [1.165, 1.54) is 44.1 Å². The molecule has 0 fully saturated rings. The molecule has 1 aromatic carbocycles. The molecule has 1 rings (SSSR count). The number of rotatable bonds is 14. The van der Waals surface area contributed by atoms with Crippen LogP contribution in [0.15, 0.2) is 47.7 Å². The maximum absolute atomic E-state index is 10.6. The molecule has 0 spiro atoms. The summed E-state index contributed by atoms with van der Waals surface area (Å²) in [5.41, 5.74) is 5.83. The van der Waals surface area contributed by atoms with Crippen LogP contribution in [0.5, 0.6) is 0 Å². The van der Waals surface area contributed by atoms with Crippen molar-refractivity contribution in [1.82, 2.24) is 0 Å². The Kier molecular flexibility index (Phi) is 13.0. The van der Waals surface area contributed by atoms with Gasteiger partial charge >= 0.3 is 0 Å². The average Bonchev–Trinajstić information content (AvgIpc) is 2.65. The molecule has 0 heterocycles. The van der Waals surface area contributed by atoms with Crippen molar-refractivity contribution in [2.24, 2.45) is 0 Å². The summed E-state index contributed by atoms with van der Waals surface area (Å²) in [6, 6.07) is 10.4. The lowest BCUT2D eigenvalue weighted by Gasteiger charge is -2.13. The summed E-state index contributed by atoms with van der Waals surface area (Å²) in [5, 5.41) is 10.6. The Balaban J connectivity index is 2.43. The monoisotopic (exact) mass is 342 g/mol. The van der Waals surface area contributed by atoms with Gasteiger partial charge in [0.1, 0.15) is 0 Å². The Morgan fingerprint density at radius 3 is 2.36 bits per heavy atom. The summed E-state index contributed by atoms with van der Waals surface area (Å²) in [4.78, 5) is 0. The molecule has 140 valence electrons. The van der Waals surface area contributed by atoms with Gasteiger partial charge in [0.15, 0.2) is 0 Å². The standard InChI is InChI=1S/C24H38O/c1-3-5-7-8-9-10-11-15-19-23(18-6-4-2)24(25)21-20-22-16-13-12-14-17-22/h12-17,24-25H,3-11,18,20-21H2,1-2H3. The lowest BCUT2D eigenvalue weighted by atomic mass is 9.98. The molecule has 1 unspecified atom stereocenters. The fraction of sp³-hybridized carbons (Fsp3) is 0.625. The van der Waals surface area contributed by atoms with Crippen molar-refractivity contribution < 1.29 is 5.11 Å². The van der Waals surface area contributed by atoms with E-state index in [0.29, 0.717) is 0 Å². The zero-order valence-electron chi connectivity index (χ0n) is 16.5. The number of hydrogen-bond donors (Lipinski definition) is 1. The second-order valence-corrected chi connectivity index (χ2v) is 7.07. The zero-order chi connectivity index (χ0) is 18.2. The Labute approximate surface area is 155 Å². The minimum atomic E-state index is -0.354. The fourth-order valence-corrected chi connectivity index (χ4v) is 3.05. The van der Waals surface area contributed by atoms with Crippen molar-refractivity contribution in [2.45, 2.75) is 97.0 Å². The van der Waals surface area contributed by atoms with E-state index in [2.05, 4.69) is 49.9 Å². The molecular weight excluding hydrogens is 304 g/mol. The lowest BCUT2D eigenvalue weighted by molar-refractivity contribution is 0.196. The van der Waals surface area contributed by atoms with Gasteiger partial charge in [0.25, 0.3) is 0 Å². The van der Waals surface area contributed by atoms with Crippen LogP contribution in [-0.4, -0.2) is 11.2 Å². The van der Waals surface area contributed by atoms with Crippen molar-refractivity contribution in [3.63, 3.8) is 0 Å². The van der Waals surface area contributed by atoms with Crippen LogP contribution >= 0.6 is 0 Å². The molecule has 0 saturated carbocycles. The minimum Gasteiger partial charge on any atom is -0.388 e. The summed E-state index contributed by atoms with van der Waals surface area (Å²) in [6.45, 7) is 4.46. The highest BCUT2D eigenvalue weighted by atomic mass is 16.3. The van der Waals surface area contributed by atoms with E-state index < -0.39 is 0 Å². The third-order valence-electron chi connectivity index (χ3n) is 4.74. The normalized spacial score (nSPS) is 11.8. The van der Waals surface area contributed by atoms with Crippen LogP contribution in [0.2, 0.25) is 0 Å². The summed E-state index contributed by atoms with van der Waals surface area (Å²) in [7, 11) is 0. The van der Waals surface area contributed by atoms with Crippen molar-refractivity contribution in [1.29, 1.82) is 0 Å². The van der Waals surface area contributed by atoms with Crippen LogP contribution in [-0.2, 0) is 6.42 Å². The number of aryl methyl sites for hydroxylation is 1. The highest BCUT2D eigenvalue weighted by Gasteiger charge is 2.10. The molecule has 0 amide bonds. The van der Waals surface area contributed by atoms with E-state index in [1.54, 1.807) is 0 Å². The van der Waals surface area contributed by atoms with Crippen molar-refractivity contribution in [2.75, 3.05) is 0 Å². The van der Waals surface area contributed by atoms with Gasteiger partial charge in [-0.3, -0.25) is 0 Å². The summed E-state index contributed by atoms with van der Waals surface area (Å²) in [5.74, 6) is 0. The third-order valence-corrected chi connectivity index (χ3v) is 4.74. The molecule has 0 saturated heterocycles.